The summed E-state index contributed by atoms with van der Waals surface area (Å²) in [6.07, 6.45) is -10.3. The Morgan fingerprint density at radius 1 is 0.766 bits per heavy atom. The Morgan fingerprint density at radius 2 is 1.32 bits per heavy atom. The van der Waals surface area contributed by atoms with Gasteiger partial charge in [0.15, 0.2) is 24.5 Å². The molecule has 0 aliphatic carbocycles. The van der Waals surface area contributed by atoms with Crippen molar-refractivity contribution < 1.29 is 66.7 Å². The quantitative estimate of drug-likeness (QED) is 0.238. The molecule has 2 rings (SSSR count). The van der Waals surface area contributed by atoms with Crippen LogP contribution in [-0.4, -0.2) is 96.8 Å². The highest BCUT2D eigenvalue weighted by Crippen LogP contribution is 2.29. The average molecular weight is 667 g/mol. The second-order valence-electron chi connectivity index (χ2n) is 11.6. The first kappa shape index (κ1) is 38.5. The molecule has 1 unspecified atom stereocenters. The van der Waals surface area contributed by atoms with Crippen molar-refractivity contribution in [1.82, 2.24) is 10.6 Å². The molecule has 1 heterocycles. The Kier molecular flexibility index (Phi) is 14.1. The summed E-state index contributed by atoms with van der Waals surface area (Å²) in [4.78, 5) is 87.0. The highest BCUT2D eigenvalue weighted by molar-refractivity contribution is 5.85. The van der Waals surface area contributed by atoms with Crippen LogP contribution in [0.1, 0.15) is 61.0 Å². The maximum absolute atomic E-state index is 14.0. The summed E-state index contributed by atoms with van der Waals surface area (Å²) in [6, 6.07) is 7.48. The molecule has 1 aromatic rings. The highest BCUT2D eigenvalue weighted by Gasteiger charge is 2.53. The number of hydrogen-bond acceptors (Lipinski definition) is 14. The predicted molar refractivity (Wildman–Crippen MR) is 159 cm³/mol. The van der Waals surface area contributed by atoms with Crippen LogP contribution in [0.4, 0.5) is 4.79 Å². The number of rotatable bonds is 12. The van der Waals surface area contributed by atoms with Gasteiger partial charge in [-0.15, -0.1) is 0 Å². The van der Waals surface area contributed by atoms with Gasteiger partial charge in [-0.3, -0.25) is 28.8 Å². The van der Waals surface area contributed by atoms with E-state index in [1.165, 1.54) is 0 Å². The van der Waals surface area contributed by atoms with E-state index in [9.17, 15) is 33.6 Å². The molecule has 2 amide bonds. The minimum atomic E-state index is -1.72. The van der Waals surface area contributed by atoms with E-state index in [1.807, 2.05) is 0 Å². The van der Waals surface area contributed by atoms with Crippen LogP contribution in [0.2, 0.25) is 0 Å². The van der Waals surface area contributed by atoms with Crippen molar-refractivity contribution in [2.75, 3.05) is 6.61 Å². The van der Waals surface area contributed by atoms with E-state index in [-0.39, 0.29) is 6.42 Å². The number of alkyl carbamates (subject to hydrolysis) is 1. The van der Waals surface area contributed by atoms with E-state index in [0.29, 0.717) is 5.56 Å². The second-order valence-corrected chi connectivity index (χ2v) is 11.6. The maximum Gasteiger partial charge on any atom is 0.408 e. The lowest BCUT2D eigenvalue weighted by molar-refractivity contribution is -0.257. The lowest BCUT2D eigenvalue weighted by Crippen LogP contribution is -2.67. The molecule has 1 aliphatic rings. The molecule has 0 saturated carbocycles. The fraction of sp³-hybridized carbons (Fsp3) is 0.581. The van der Waals surface area contributed by atoms with E-state index in [4.69, 9.17) is 33.2 Å². The summed E-state index contributed by atoms with van der Waals surface area (Å²) in [5.41, 5.74) is -0.250. The average Bonchev–Trinajstić information content (AvgIpc) is 2.92. The van der Waals surface area contributed by atoms with Gasteiger partial charge in [-0.25, -0.2) is 4.79 Å². The summed E-state index contributed by atoms with van der Waals surface area (Å²) < 4.78 is 37.9. The van der Waals surface area contributed by atoms with Crippen LogP contribution in [0.15, 0.2) is 30.3 Å². The van der Waals surface area contributed by atoms with Gasteiger partial charge in [0.2, 0.25) is 6.10 Å². The number of carbonyl (C=O) groups excluding carboxylic acids is 7. The van der Waals surface area contributed by atoms with Gasteiger partial charge in [0.1, 0.15) is 18.3 Å². The lowest BCUT2D eigenvalue weighted by atomic mass is 9.96. The number of benzene rings is 1. The summed E-state index contributed by atoms with van der Waals surface area (Å²) >= 11 is 0. The second kappa shape index (κ2) is 17.3. The first-order valence-corrected chi connectivity index (χ1v) is 14.7. The molecule has 0 aromatic heterocycles. The van der Waals surface area contributed by atoms with Gasteiger partial charge >= 0.3 is 35.9 Å². The fourth-order valence-corrected chi connectivity index (χ4v) is 4.62. The van der Waals surface area contributed by atoms with Crippen molar-refractivity contribution in [2.45, 2.75) is 110 Å². The number of hydrogen-bond donors (Lipinski definition) is 2. The standard InChI is InChI=1S/C31H42N2O14/c1-16(34)41-15-23-25(43-18(3)36)26(44-19(4)37)27(45-20(5)38)29(46-23)33-28(39)24(42-17(2)35)22(14-21-12-10-9-11-13-21)32-30(40)47-31(6,7)8/h9-13,22-27,29H,14-15H2,1-8H3,(H,32,40)(H,33,39)/t22-,23+,24?,25+,26-,27+,29+/m0/s1. The van der Waals surface area contributed by atoms with Gasteiger partial charge in [0.05, 0.1) is 6.04 Å². The minimum absolute atomic E-state index is 0.00990. The largest absolute Gasteiger partial charge is 0.463 e. The normalized spacial score (nSPS) is 21.9. The molecule has 47 heavy (non-hydrogen) atoms. The molecular formula is C31H42N2O14. The fourth-order valence-electron chi connectivity index (χ4n) is 4.62. The summed E-state index contributed by atoms with van der Waals surface area (Å²) in [7, 11) is 0. The van der Waals surface area contributed by atoms with Crippen molar-refractivity contribution in [3.63, 3.8) is 0 Å². The Hall–Kier alpha value is -4.73. The third kappa shape index (κ3) is 13.3. The Bertz CT molecular complexity index is 1290. The third-order valence-corrected chi connectivity index (χ3v) is 6.19. The molecule has 1 saturated heterocycles. The van der Waals surface area contributed by atoms with Gasteiger partial charge in [-0.2, -0.15) is 0 Å². The van der Waals surface area contributed by atoms with Gasteiger partial charge in [0.25, 0.3) is 5.91 Å². The van der Waals surface area contributed by atoms with Crippen LogP contribution in [0.3, 0.4) is 0 Å². The Balaban J connectivity index is 2.57. The van der Waals surface area contributed by atoms with Gasteiger partial charge in [-0.1, -0.05) is 30.3 Å². The molecule has 260 valence electrons. The van der Waals surface area contributed by atoms with Gasteiger partial charge in [-0.05, 0) is 32.8 Å². The first-order chi connectivity index (χ1) is 21.9. The number of amides is 2. The van der Waals surface area contributed by atoms with Crippen LogP contribution in [0.25, 0.3) is 0 Å². The molecule has 1 fully saturated rings. The van der Waals surface area contributed by atoms with Gasteiger partial charge in [0, 0.05) is 34.6 Å². The number of carbonyl (C=O) groups is 7. The van der Waals surface area contributed by atoms with E-state index in [1.54, 1.807) is 51.1 Å². The van der Waals surface area contributed by atoms with Crippen LogP contribution in [-0.2, 0) is 68.3 Å². The van der Waals surface area contributed by atoms with Crippen LogP contribution in [0.5, 0.6) is 0 Å². The monoisotopic (exact) mass is 666 g/mol. The van der Waals surface area contributed by atoms with Crippen molar-refractivity contribution in [3.05, 3.63) is 35.9 Å². The van der Waals surface area contributed by atoms with Crippen molar-refractivity contribution in [3.8, 4) is 0 Å². The third-order valence-electron chi connectivity index (χ3n) is 6.19. The van der Waals surface area contributed by atoms with E-state index in [2.05, 4.69) is 10.6 Å². The molecule has 1 aliphatic heterocycles. The van der Waals surface area contributed by atoms with Crippen molar-refractivity contribution in [2.24, 2.45) is 0 Å². The van der Waals surface area contributed by atoms with Gasteiger partial charge < -0.3 is 43.8 Å². The summed E-state index contributed by atoms with van der Waals surface area (Å²) in [6.45, 7) is 9.71. The number of nitrogens with one attached hydrogen (secondary N) is 2. The topological polar surface area (TPSA) is 208 Å². The zero-order valence-electron chi connectivity index (χ0n) is 27.6. The zero-order valence-corrected chi connectivity index (χ0v) is 27.6. The van der Waals surface area contributed by atoms with E-state index < -0.39 is 96.8 Å². The molecule has 16 heteroatoms. The van der Waals surface area contributed by atoms with E-state index >= 15 is 0 Å². The highest BCUT2D eigenvalue weighted by atomic mass is 16.7. The summed E-state index contributed by atoms with van der Waals surface area (Å²) in [5.74, 6) is -5.23. The number of esters is 5. The molecular weight excluding hydrogens is 624 g/mol. The molecule has 0 bridgehead atoms. The molecule has 1 aromatic carbocycles. The Morgan fingerprint density at radius 3 is 1.83 bits per heavy atom. The van der Waals surface area contributed by atoms with Crippen LogP contribution < -0.4 is 10.6 Å². The zero-order chi connectivity index (χ0) is 35.5. The molecule has 7 atom stereocenters. The smallest absolute Gasteiger partial charge is 0.408 e. The molecule has 2 N–H and O–H groups in total. The van der Waals surface area contributed by atoms with Crippen molar-refractivity contribution in [1.29, 1.82) is 0 Å². The van der Waals surface area contributed by atoms with Crippen molar-refractivity contribution >= 4 is 41.8 Å². The van der Waals surface area contributed by atoms with Crippen LogP contribution in [0, 0.1) is 0 Å². The maximum atomic E-state index is 14.0. The molecule has 16 nitrogen and oxygen atoms in total. The predicted octanol–water partition coefficient (Wildman–Crippen LogP) is 1.25. The SMILES string of the molecule is CC(=O)OC[C@H]1O[C@@H](NC(=O)C(OC(C)=O)[C@H](Cc2ccccc2)NC(=O)OC(C)(C)C)[C@H](OC(C)=O)[C@@H](OC(C)=O)[C@@H]1OC(C)=O. The molecule has 0 spiro atoms. The van der Waals surface area contributed by atoms with Crippen LogP contribution >= 0.6 is 0 Å². The lowest BCUT2D eigenvalue weighted by Gasteiger charge is -2.44. The first-order valence-electron chi connectivity index (χ1n) is 14.7. The van der Waals surface area contributed by atoms with E-state index in [0.717, 1.165) is 34.6 Å². The minimum Gasteiger partial charge on any atom is -0.463 e. The number of ether oxygens (including phenoxy) is 7. The summed E-state index contributed by atoms with van der Waals surface area (Å²) in [5, 5.41) is 5.07. The Labute approximate surface area is 272 Å². The molecule has 0 radical (unpaired) electrons.